The molecule has 0 amide bonds. The van der Waals surface area contributed by atoms with Crippen molar-refractivity contribution in [1.29, 1.82) is 0 Å². The van der Waals surface area contributed by atoms with E-state index in [1.807, 2.05) is 54.6 Å². The van der Waals surface area contributed by atoms with Crippen molar-refractivity contribution in [2.45, 2.75) is 13.3 Å². The van der Waals surface area contributed by atoms with Gasteiger partial charge in [-0.1, -0.05) is 49.4 Å². The minimum atomic E-state index is -0.270. The quantitative estimate of drug-likeness (QED) is 0.775. The number of aromatic nitrogens is 3. The van der Waals surface area contributed by atoms with E-state index in [2.05, 4.69) is 27.4 Å². The number of nitrogens with one attached hydrogen (secondary N) is 2. The summed E-state index contributed by atoms with van der Waals surface area (Å²) in [5.74, 6) is 0.328. The van der Waals surface area contributed by atoms with Gasteiger partial charge in [0.25, 0.3) is 5.56 Å². The summed E-state index contributed by atoms with van der Waals surface area (Å²) < 4.78 is 0. The summed E-state index contributed by atoms with van der Waals surface area (Å²) in [6, 6.07) is 17.2. The van der Waals surface area contributed by atoms with Gasteiger partial charge in [-0.25, -0.2) is 0 Å². The lowest BCUT2D eigenvalue weighted by atomic mass is 10.1. The van der Waals surface area contributed by atoms with Crippen molar-refractivity contribution in [3.63, 3.8) is 0 Å². The third-order valence-electron chi connectivity index (χ3n) is 3.37. The fourth-order valence-electron chi connectivity index (χ4n) is 2.14. The maximum Gasteiger partial charge on any atom is 0.279 e. The minimum Gasteiger partial charge on any atom is -0.324 e. The van der Waals surface area contributed by atoms with Gasteiger partial charge in [0.2, 0.25) is 5.95 Å². The Morgan fingerprint density at radius 2 is 1.73 bits per heavy atom. The SMILES string of the molecule is CCc1ccc(Nc2nnc(-c3ccccc3)c(=O)[nH]2)cc1. The highest BCUT2D eigenvalue weighted by molar-refractivity contribution is 5.58. The van der Waals surface area contributed by atoms with Crippen LogP contribution in [0.25, 0.3) is 11.3 Å². The fraction of sp³-hybridized carbons (Fsp3) is 0.118. The van der Waals surface area contributed by atoms with Gasteiger partial charge in [-0.15, -0.1) is 10.2 Å². The highest BCUT2D eigenvalue weighted by Gasteiger charge is 2.07. The summed E-state index contributed by atoms with van der Waals surface area (Å²) in [5, 5.41) is 11.1. The third-order valence-corrected chi connectivity index (χ3v) is 3.37. The Morgan fingerprint density at radius 1 is 1.00 bits per heavy atom. The summed E-state index contributed by atoms with van der Waals surface area (Å²) in [6.45, 7) is 2.10. The Kier molecular flexibility index (Phi) is 3.96. The highest BCUT2D eigenvalue weighted by Crippen LogP contribution is 2.14. The van der Waals surface area contributed by atoms with Crippen molar-refractivity contribution < 1.29 is 0 Å². The molecule has 1 heterocycles. The van der Waals surface area contributed by atoms with Crippen LogP contribution >= 0.6 is 0 Å². The number of anilines is 2. The summed E-state index contributed by atoms with van der Waals surface area (Å²) in [6.07, 6.45) is 0.989. The molecule has 0 aliphatic carbocycles. The molecule has 1 aromatic heterocycles. The van der Waals surface area contributed by atoms with Gasteiger partial charge in [-0.3, -0.25) is 9.78 Å². The van der Waals surface area contributed by atoms with E-state index in [-0.39, 0.29) is 5.56 Å². The Labute approximate surface area is 128 Å². The molecule has 0 saturated carbocycles. The molecule has 3 rings (SSSR count). The zero-order chi connectivity index (χ0) is 15.4. The maximum absolute atomic E-state index is 12.1. The maximum atomic E-state index is 12.1. The lowest BCUT2D eigenvalue weighted by Crippen LogP contribution is -2.15. The molecule has 0 spiro atoms. The van der Waals surface area contributed by atoms with Crippen molar-refractivity contribution in [1.82, 2.24) is 15.2 Å². The standard InChI is InChI=1S/C17H16N4O/c1-2-12-8-10-14(11-9-12)18-17-19-16(22)15(20-21-17)13-6-4-3-5-7-13/h3-11H,2H2,1H3,(H2,18,19,21,22). The number of hydrogen-bond acceptors (Lipinski definition) is 4. The van der Waals surface area contributed by atoms with Gasteiger partial charge >= 0.3 is 0 Å². The summed E-state index contributed by atoms with van der Waals surface area (Å²) in [7, 11) is 0. The minimum absolute atomic E-state index is 0.270. The van der Waals surface area contributed by atoms with Gasteiger partial charge in [0.05, 0.1) is 0 Å². The molecule has 0 radical (unpaired) electrons. The van der Waals surface area contributed by atoms with Crippen LogP contribution in [-0.2, 0) is 6.42 Å². The van der Waals surface area contributed by atoms with Gasteiger partial charge in [0.1, 0.15) is 0 Å². The number of benzene rings is 2. The van der Waals surface area contributed by atoms with Crippen LogP contribution in [0.1, 0.15) is 12.5 Å². The average Bonchev–Trinajstić information content (AvgIpc) is 2.56. The van der Waals surface area contributed by atoms with Crippen LogP contribution in [0.2, 0.25) is 0 Å². The molecule has 2 N–H and O–H groups in total. The average molecular weight is 292 g/mol. The van der Waals surface area contributed by atoms with E-state index in [1.54, 1.807) is 0 Å². The van der Waals surface area contributed by atoms with Crippen LogP contribution in [-0.4, -0.2) is 15.2 Å². The van der Waals surface area contributed by atoms with E-state index in [9.17, 15) is 4.79 Å². The third kappa shape index (κ3) is 3.03. The van der Waals surface area contributed by atoms with Crippen molar-refractivity contribution in [3.8, 4) is 11.3 Å². The van der Waals surface area contributed by atoms with E-state index >= 15 is 0 Å². The van der Waals surface area contributed by atoms with Crippen LogP contribution in [0, 0.1) is 0 Å². The highest BCUT2D eigenvalue weighted by atomic mass is 16.1. The molecule has 5 nitrogen and oxygen atoms in total. The second-order valence-electron chi connectivity index (χ2n) is 4.89. The first-order chi connectivity index (χ1) is 10.8. The number of hydrogen-bond donors (Lipinski definition) is 2. The van der Waals surface area contributed by atoms with Crippen LogP contribution < -0.4 is 10.9 Å². The molecule has 0 atom stereocenters. The fourth-order valence-corrected chi connectivity index (χ4v) is 2.14. The first-order valence-electron chi connectivity index (χ1n) is 7.14. The van der Waals surface area contributed by atoms with Crippen LogP contribution in [0.5, 0.6) is 0 Å². The molecule has 3 aromatic rings. The van der Waals surface area contributed by atoms with Crippen molar-refractivity contribution in [2.75, 3.05) is 5.32 Å². The second kappa shape index (κ2) is 6.22. The molecule has 5 heteroatoms. The van der Waals surface area contributed by atoms with Gasteiger partial charge < -0.3 is 5.32 Å². The molecule has 0 unspecified atom stereocenters. The van der Waals surface area contributed by atoms with E-state index in [0.717, 1.165) is 17.7 Å². The molecule has 22 heavy (non-hydrogen) atoms. The normalized spacial score (nSPS) is 10.4. The monoisotopic (exact) mass is 292 g/mol. The molecule has 0 aliphatic heterocycles. The van der Waals surface area contributed by atoms with E-state index < -0.39 is 0 Å². The lowest BCUT2D eigenvalue weighted by Gasteiger charge is -2.06. The smallest absolute Gasteiger partial charge is 0.279 e. The van der Waals surface area contributed by atoms with E-state index in [1.165, 1.54) is 5.56 Å². The molecule has 0 bridgehead atoms. The van der Waals surface area contributed by atoms with E-state index in [4.69, 9.17) is 0 Å². The first kappa shape index (κ1) is 14.0. The second-order valence-corrected chi connectivity index (χ2v) is 4.89. The Bertz CT molecular complexity index is 810. The van der Waals surface area contributed by atoms with E-state index in [0.29, 0.717) is 11.6 Å². The van der Waals surface area contributed by atoms with Gasteiger partial charge in [-0.05, 0) is 24.1 Å². The number of aromatic amines is 1. The number of H-pyrrole nitrogens is 1. The summed E-state index contributed by atoms with van der Waals surface area (Å²) in [5.41, 5.74) is 2.90. The van der Waals surface area contributed by atoms with Crippen molar-refractivity contribution in [3.05, 3.63) is 70.5 Å². The zero-order valence-electron chi connectivity index (χ0n) is 12.2. The van der Waals surface area contributed by atoms with Crippen LogP contribution in [0.15, 0.2) is 59.4 Å². The first-order valence-corrected chi connectivity index (χ1v) is 7.14. The molecular weight excluding hydrogens is 276 g/mol. The topological polar surface area (TPSA) is 70.7 Å². The van der Waals surface area contributed by atoms with Gasteiger partial charge in [0, 0.05) is 11.3 Å². The predicted molar refractivity (Wildman–Crippen MR) is 87.2 cm³/mol. The van der Waals surface area contributed by atoms with Crippen LogP contribution in [0.4, 0.5) is 11.6 Å². The van der Waals surface area contributed by atoms with Gasteiger partial charge in [0.15, 0.2) is 5.69 Å². The number of nitrogens with zero attached hydrogens (tertiary/aromatic N) is 2. The zero-order valence-corrected chi connectivity index (χ0v) is 12.2. The number of aryl methyl sites for hydroxylation is 1. The molecule has 0 aliphatic rings. The van der Waals surface area contributed by atoms with Gasteiger partial charge in [-0.2, -0.15) is 0 Å². The summed E-state index contributed by atoms with van der Waals surface area (Å²) in [4.78, 5) is 14.8. The predicted octanol–water partition coefficient (Wildman–Crippen LogP) is 3.14. The molecule has 0 fully saturated rings. The summed E-state index contributed by atoms with van der Waals surface area (Å²) >= 11 is 0. The molecule has 0 saturated heterocycles. The number of rotatable bonds is 4. The molecule has 110 valence electrons. The Morgan fingerprint density at radius 3 is 2.36 bits per heavy atom. The largest absolute Gasteiger partial charge is 0.324 e. The molecular formula is C17H16N4O. The van der Waals surface area contributed by atoms with Crippen molar-refractivity contribution in [2.24, 2.45) is 0 Å². The Balaban J connectivity index is 1.84. The Hall–Kier alpha value is -2.95. The molecule has 2 aromatic carbocycles. The van der Waals surface area contributed by atoms with Crippen LogP contribution in [0.3, 0.4) is 0 Å². The lowest BCUT2D eigenvalue weighted by molar-refractivity contribution is 0.962. The van der Waals surface area contributed by atoms with Crippen molar-refractivity contribution >= 4 is 11.6 Å².